The molecule has 2 aromatic rings. The van der Waals surface area contributed by atoms with E-state index in [2.05, 4.69) is 4.98 Å². The average molecular weight is 317 g/mol. The first-order valence-corrected chi connectivity index (χ1v) is 8.72. The van der Waals surface area contributed by atoms with Crippen LogP contribution < -0.4 is 0 Å². The first-order valence-electron chi connectivity index (χ1n) is 6.56. The van der Waals surface area contributed by atoms with Gasteiger partial charge in [0.05, 0.1) is 5.52 Å². The van der Waals surface area contributed by atoms with Gasteiger partial charge in [0.1, 0.15) is 11.3 Å². The van der Waals surface area contributed by atoms with E-state index in [1.165, 1.54) is 6.07 Å². The molecule has 3 nitrogen and oxygen atoms in total. The van der Waals surface area contributed by atoms with Crippen molar-refractivity contribution in [3.63, 3.8) is 0 Å². The summed E-state index contributed by atoms with van der Waals surface area (Å²) < 4.78 is 27.2. The Morgan fingerprint density at radius 3 is 2.90 bits per heavy atom. The minimum atomic E-state index is -0.854. The van der Waals surface area contributed by atoms with Crippen LogP contribution in [0.1, 0.15) is 19.2 Å². The lowest BCUT2D eigenvalue weighted by molar-refractivity contribution is 0.611. The lowest BCUT2D eigenvalue weighted by Gasteiger charge is -2.12. The van der Waals surface area contributed by atoms with Crippen LogP contribution in [0.5, 0.6) is 0 Å². The number of imidazole rings is 1. The molecule has 1 heterocycles. The van der Waals surface area contributed by atoms with E-state index in [4.69, 9.17) is 11.6 Å². The fourth-order valence-corrected chi connectivity index (χ4v) is 2.77. The summed E-state index contributed by atoms with van der Waals surface area (Å²) in [4.78, 5) is 4.35. The number of fused-ring (bicyclic) bond motifs is 1. The van der Waals surface area contributed by atoms with E-state index in [0.717, 1.165) is 17.8 Å². The first-order chi connectivity index (χ1) is 9.54. The van der Waals surface area contributed by atoms with Gasteiger partial charge in [-0.1, -0.05) is 13.0 Å². The zero-order valence-corrected chi connectivity index (χ0v) is 13.2. The molecule has 2 unspecified atom stereocenters. The molecule has 0 aliphatic rings. The molecule has 0 fully saturated rings. The van der Waals surface area contributed by atoms with Gasteiger partial charge >= 0.3 is 0 Å². The zero-order valence-electron chi connectivity index (χ0n) is 11.6. The molecule has 0 saturated heterocycles. The Kier molecular flexibility index (Phi) is 5.16. The number of hydrogen-bond donors (Lipinski definition) is 0. The fraction of sp³-hybridized carbons (Fsp3) is 0.500. The number of hydrogen-bond acceptors (Lipinski definition) is 2. The van der Waals surface area contributed by atoms with Crippen molar-refractivity contribution in [1.82, 2.24) is 9.55 Å². The second kappa shape index (κ2) is 6.68. The van der Waals surface area contributed by atoms with Gasteiger partial charge in [-0.15, -0.1) is 11.6 Å². The van der Waals surface area contributed by atoms with E-state index in [0.29, 0.717) is 24.4 Å². The molecule has 0 N–H and O–H groups in total. The van der Waals surface area contributed by atoms with Gasteiger partial charge in [-0.3, -0.25) is 4.21 Å². The van der Waals surface area contributed by atoms with Crippen LogP contribution in [0.3, 0.4) is 0 Å². The molecule has 0 bridgehead atoms. The van der Waals surface area contributed by atoms with Crippen LogP contribution in [-0.4, -0.2) is 31.1 Å². The molecule has 0 saturated carbocycles. The van der Waals surface area contributed by atoms with Crippen molar-refractivity contribution >= 4 is 33.4 Å². The Balaban J connectivity index is 2.36. The summed E-state index contributed by atoms with van der Waals surface area (Å²) in [5.41, 5.74) is 1.16. The molecule has 0 aliphatic heterocycles. The number of aromatic nitrogens is 2. The predicted molar refractivity (Wildman–Crippen MR) is 82.3 cm³/mol. The van der Waals surface area contributed by atoms with Gasteiger partial charge < -0.3 is 4.57 Å². The Labute approximate surface area is 125 Å². The molecule has 0 aliphatic carbocycles. The van der Waals surface area contributed by atoms with Crippen LogP contribution in [0.2, 0.25) is 0 Å². The van der Waals surface area contributed by atoms with E-state index in [1.54, 1.807) is 12.3 Å². The zero-order chi connectivity index (χ0) is 14.7. The monoisotopic (exact) mass is 316 g/mol. The van der Waals surface area contributed by atoms with E-state index in [9.17, 15) is 8.60 Å². The van der Waals surface area contributed by atoms with Crippen molar-refractivity contribution in [2.24, 2.45) is 0 Å². The third kappa shape index (κ3) is 3.20. The molecule has 110 valence electrons. The van der Waals surface area contributed by atoms with E-state index < -0.39 is 10.8 Å². The largest absolute Gasteiger partial charge is 0.328 e. The topological polar surface area (TPSA) is 34.9 Å². The minimum Gasteiger partial charge on any atom is -0.328 e. The molecule has 1 aromatic heterocycles. The van der Waals surface area contributed by atoms with Crippen LogP contribution in [0.15, 0.2) is 18.2 Å². The highest BCUT2D eigenvalue weighted by molar-refractivity contribution is 7.84. The molecule has 6 heteroatoms. The van der Waals surface area contributed by atoms with Crippen LogP contribution in [0, 0.1) is 5.82 Å². The molecule has 20 heavy (non-hydrogen) atoms. The van der Waals surface area contributed by atoms with Crippen LogP contribution >= 0.6 is 11.6 Å². The van der Waals surface area contributed by atoms with Gasteiger partial charge in [-0.05, 0) is 18.6 Å². The summed E-state index contributed by atoms with van der Waals surface area (Å²) in [5, 5.41) is 0.102. The number of benzene rings is 1. The maximum atomic E-state index is 13.8. The maximum absolute atomic E-state index is 13.8. The standard InChI is InChI=1S/C14H18ClFN2OS/c1-10(20(2)19)7-9-18-12-5-3-4-11(16)14(12)17-13(18)6-8-15/h3-5,10H,6-9H2,1-2H3. The highest BCUT2D eigenvalue weighted by Gasteiger charge is 2.15. The highest BCUT2D eigenvalue weighted by Crippen LogP contribution is 2.21. The molecular formula is C14H18ClFN2OS. The number of alkyl halides is 1. The molecule has 2 rings (SSSR count). The summed E-state index contributed by atoms with van der Waals surface area (Å²) >= 11 is 5.79. The number of nitrogens with zero attached hydrogens (tertiary/aromatic N) is 2. The molecule has 0 amide bonds. The van der Waals surface area contributed by atoms with Crippen molar-refractivity contribution in [3.8, 4) is 0 Å². The summed E-state index contributed by atoms with van der Waals surface area (Å²) in [6, 6.07) is 4.95. The fourth-order valence-electron chi connectivity index (χ4n) is 2.16. The van der Waals surface area contributed by atoms with Crippen molar-refractivity contribution in [1.29, 1.82) is 0 Å². The third-order valence-corrected chi connectivity index (χ3v) is 5.01. The summed E-state index contributed by atoms with van der Waals surface area (Å²) in [6.07, 6.45) is 3.07. The van der Waals surface area contributed by atoms with Crippen LogP contribution in [0.4, 0.5) is 4.39 Å². The lowest BCUT2D eigenvalue weighted by Crippen LogP contribution is -2.14. The summed E-state index contributed by atoms with van der Waals surface area (Å²) in [7, 11) is -0.854. The number of aryl methyl sites for hydroxylation is 2. The van der Waals surface area contributed by atoms with Gasteiger partial charge in [0.25, 0.3) is 0 Å². The second-order valence-electron chi connectivity index (χ2n) is 4.82. The van der Waals surface area contributed by atoms with E-state index in [-0.39, 0.29) is 11.1 Å². The van der Waals surface area contributed by atoms with Gasteiger partial charge in [0.2, 0.25) is 0 Å². The van der Waals surface area contributed by atoms with Crippen LogP contribution in [0.25, 0.3) is 11.0 Å². The summed E-state index contributed by atoms with van der Waals surface area (Å²) in [6.45, 7) is 2.63. The number of para-hydroxylation sites is 1. The minimum absolute atomic E-state index is 0.102. The SMILES string of the molecule is CC(CCn1c(CCCl)nc2c(F)cccc21)S(C)=O. The predicted octanol–water partition coefficient (Wildman–Crippen LogP) is 3.11. The van der Waals surface area contributed by atoms with Crippen molar-refractivity contribution in [2.75, 3.05) is 12.1 Å². The van der Waals surface area contributed by atoms with Gasteiger partial charge in [-0.2, -0.15) is 0 Å². The van der Waals surface area contributed by atoms with E-state index >= 15 is 0 Å². The van der Waals surface area contributed by atoms with Crippen molar-refractivity contribution in [3.05, 3.63) is 29.8 Å². The quantitative estimate of drug-likeness (QED) is 0.768. The lowest BCUT2D eigenvalue weighted by atomic mass is 10.3. The van der Waals surface area contributed by atoms with E-state index in [1.807, 2.05) is 17.6 Å². The van der Waals surface area contributed by atoms with Gasteiger partial charge in [-0.25, -0.2) is 9.37 Å². The van der Waals surface area contributed by atoms with Crippen LogP contribution in [-0.2, 0) is 23.8 Å². The van der Waals surface area contributed by atoms with Crippen molar-refractivity contribution in [2.45, 2.75) is 31.6 Å². The molecule has 1 aromatic carbocycles. The molecule has 0 spiro atoms. The Hall–Kier alpha value is -0.940. The molecule has 0 radical (unpaired) electrons. The normalized spacial score (nSPS) is 14.6. The Bertz CT molecular complexity index is 629. The van der Waals surface area contributed by atoms with Gasteiger partial charge in [0, 0.05) is 41.2 Å². The first kappa shape index (κ1) is 15.4. The van der Waals surface area contributed by atoms with Crippen molar-refractivity contribution < 1.29 is 8.60 Å². The summed E-state index contributed by atoms with van der Waals surface area (Å²) in [5.74, 6) is 0.915. The second-order valence-corrected chi connectivity index (χ2v) is 7.00. The number of halogens is 2. The maximum Gasteiger partial charge on any atom is 0.151 e. The Morgan fingerprint density at radius 1 is 1.50 bits per heavy atom. The number of rotatable bonds is 6. The Morgan fingerprint density at radius 2 is 2.25 bits per heavy atom. The molecular weight excluding hydrogens is 299 g/mol. The average Bonchev–Trinajstić information content (AvgIpc) is 2.76. The highest BCUT2D eigenvalue weighted by atomic mass is 35.5. The van der Waals surface area contributed by atoms with Gasteiger partial charge in [0.15, 0.2) is 5.82 Å². The third-order valence-electron chi connectivity index (χ3n) is 3.45. The smallest absolute Gasteiger partial charge is 0.151 e. The molecule has 2 atom stereocenters.